The molecule has 2 saturated carbocycles. The molecule has 1 unspecified atom stereocenters. The Morgan fingerprint density at radius 3 is 2.80 bits per heavy atom. The number of aryl methyl sites for hydroxylation is 2. The number of nitrogens with zero attached hydrogens (tertiary/aromatic N) is 3. The van der Waals surface area contributed by atoms with Gasteiger partial charge >= 0.3 is 0 Å². The molecule has 4 aliphatic rings. The minimum atomic E-state index is -0.610. The second-order valence-electron chi connectivity index (χ2n) is 9.48. The van der Waals surface area contributed by atoms with Crippen LogP contribution in [0.5, 0.6) is 0 Å². The molecule has 5 rings (SSSR count). The Morgan fingerprint density at radius 2 is 2.08 bits per heavy atom. The van der Waals surface area contributed by atoms with E-state index in [4.69, 9.17) is 5.10 Å². The largest absolute Gasteiger partial charge is 0.390 e. The van der Waals surface area contributed by atoms with Crippen molar-refractivity contribution in [1.29, 1.82) is 0 Å². The summed E-state index contributed by atoms with van der Waals surface area (Å²) in [5, 5.41) is 14.7. The van der Waals surface area contributed by atoms with Crippen LogP contribution in [0.4, 0.5) is 0 Å². The van der Waals surface area contributed by atoms with Crippen molar-refractivity contribution in [1.82, 2.24) is 14.7 Å². The van der Waals surface area contributed by atoms with Crippen molar-refractivity contribution in [2.24, 2.45) is 11.3 Å². The van der Waals surface area contributed by atoms with Gasteiger partial charge in [-0.1, -0.05) is 0 Å². The molecule has 1 amide bonds. The fraction of sp³-hybridized carbons (Fsp3) is 0.800. The predicted molar refractivity (Wildman–Crippen MR) is 94.1 cm³/mol. The number of hydrogen-bond acceptors (Lipinski definition) is 3. The van der Waals surface area contributed by atoms with Crippen LogP contribution >= 0.6 is 0 Å². The van der Waals surface area contributed by atoms with E-state index >= 15 is 0 Å². The predicted octanol–water partition coefficient (Wildman–Crippen LogP) is 2.48. The number of aromatic nitrogens is 2. The van der Waals surface area contributed by atoms with E-state index in [0.29, 0.717) is 24.2 Å². The average Bonchev–Trinajstić information content (AvgIpc) is 3.14. The summed E-state index contributed by atoms with van der Waals surface area (Å²) in [5.41, 5.74) is 2.45. The molecular formula is C20H29N3O2. The lowest BCUT2D eigenvalue weighted by Gasteiger charge is -2.52. The van der Waals surface area contributed by atoms with E-state index in [0.717, 1.165) is 19.6 Å². The highest BCUT2D eigenvalue weighted by atomic mass is 16.3. The van der Waals surface area contributed by atoms with Crippen LogP contribution in [0.25, 0.3) is 0 Å². The van der Waals surface area contributed by atoms with Crippen molar-refractivity contribution < 1.29 is 9.90 Å². The normalized spacial score (nSPS) is 36.0. The number of amides is 1. The minimum absolute atomic E-state index is 0.0596. The summed E-state index contributed by atoms with van der Waals surface area (Å²) in [7, 11) is 0. The van der Waals surface area contributed by atoms with Crippen LogP contribution < -0.4 is 0 Å². The number of fused-ring (bicyclic) bond motifs is 1. The number of aliphatic hydroxyl groups is 1. The Balaban J connectivity index is 1.19. The van der Waals surface area contributed by atoms with E-state index in [1.54, 1.807) is 0 Å². The molecule has 3 heterocycles. The van der Waals surface area contributed by atoms with Gasteiger partial charge in [0.25, 0.3) is 0 Å². The van der Waals surface area contributed by atoms with Gasteiger partial charge in [0, 0.05) is 42.6 Å². The lowest BCUT2D eigenvalue weighted by Crippen LogP contribution is -2.61. The molecular weight excluding hydrogens is 314 g/mol. The molecule has 0 aromatic carbocycles. The summed E-state index contributed by atoms with van der Waals surface area (Å²) >= 11 is 0. The maximum atomic E-state index is 12.5. The van der Waals surface area contributed by atoms with Crippen LogP contribution in [-0.4, -0.2) is 44.4 Å². The number of carbonyl (C=O) groups excluding carboxylic acids is 1. The quantitative estimate of drug-likeness (QED) is 0.897. The number of carbonyl (C=O) groups is 1. The Hall–Kier alpha value is -1.36. The molecule has 0 radical (unpaired) electrons. The fourth-order valence-electron chi connectivity index (χ4n) is 5.74. The van der Waals surface area contributed by atoms with Crippen LogP contribution in [0.3, 0.4) is 0 Å². The van der Waals surface area contributed by atoms with Crippen molar-refractivity contribution in [3.8, 4) is 0 Å². The summed E-state index contributed by atoms with van der Waals surface area (Å²) in [5.74, 6) is 0.919. The van der Waals surface area contributed by atoms with Gasteiger partial charge in [-0.3, -0.25) is 9.48 Å². The summed E-state index contributed by atoms with van der Waals surface area (Å²) < 4.78 is 2.23. The summed E-state index contributed by atoms with van der Waals surface area (Å²) in [6, 6.07) is 2.35. The van der Waals surface area contributed by atoms with E-state index < -0.39 is 5.60 Å². The first-order valence-corrected chi connectivity index (χ1v) is 10.0. The monoisotopic (exact) mass is 343 g/mol. The minimum Gasteiger partial charge on any atom is -0.390 e. The second-order valence-corrected chi connectivity index (χ2v) is 9.48. The lowest BCUT2D eigenvalue weighted by molar-refractivity contribution is -0.161. The smallest absolute Gasteiger partial charge is 0.225 e. The van der Waals surface area contributed by atoms with Crippen LogP contribution in [0.1, 0.15) is 69.2 Å². The Labute approximate surface area is 149 Å². The van der Waals surface area contributed by atoms with Crippen molar-refractivity contribution in [2.75, 3.05) is 13.1 Å². The van der Waals surface area contributed by atoms with Crippen LogP contribution in [-0.2, 0) is 17.8 Å². The van der Waals surface area contributed by atoms with Gasteiger partial charge in [0.05, 0.1) is 11.3 Å². The van der Waals surface area contributed by atoms with Crippen LogP contribution in [0.2, 0.25) is 0 Å². The summed E-state index contributed by atoms with van der Waals surface area (Å²) in [4.78, 5) is 14.6. The van der Waals surface area contributed by atoms with Crippen LogP contribution in [0.15, 0.2) is 6.07 Å². The Bertz CT molecular complexity index is 670. The molecule has 1 aromatic rings. The highest BCUT2D eigenvalue weighted by Crippen LogP contribution is 2.52. The molecule has 1 atom stereocenters. The van der Waals surface area contributed by atoms with Crippen molar-refractivity contribution in [3.63, 3.8) is 0 Å². The molecule has 1 aromatic heterocycles. The van der Waals surface area contributed by atoms with Crippen LogP contribution in [0, 0.1) is 11.3 Å². The van der Waals surface area contributed by atoms with Gasteiger partial charge in [-0.15, -0.1) is 0 Å². The lowest BCUT2D eigenvalue weighted by atomic mass is 9.69. The zero-order valence-electron chi connectivity index (χ0n) is 15.2. The van der Waals surface area contributed by atoms with E-state index in [1.807, 2.05) is 11.8 Å². The van der Waals surface area contributed by atoms with Gasteiger partial charge in [-0.2, -0.15) is 5.10 Å². The third-order valence-electron chi connectivity index (χ3n) is 7.14. The topological polar surface area (TPSA) is 58.4 Å². The number of rotatable bonds is 2. The Kier molecular flexibility index (Phi) is 3.38. The second kappa shape index (κ2) is 5.32. The molecule has 1 spiro atoms. The molecule has 1 N–H and O–H groups in total. The zero-order valence-corrected chi connectivity index (χ0v) is 15.2. The first-order valence-electron chi connectivity index (χ1n) is 10.0. The third-order valence-corrected chi connectivity index (χ3v) is 7.14. The first kappa shape index (κ1) is 15.9. The van der Waals surface area contributed by atoms with E-state index in [2.05, 4.69) is 10.7 Å². The van der Waals surface area contributed by atoms with Gasteiger partial charge < -0.3 is 10.0 Å². The molecule has 136 valence electrons. The highest BCUT2D eigenvalue weighted by molar-refractivity contribution is 5.81. The fourth-order valence-corrected chi connectivity index (χ4v) is 5.74. The van der Waals surface area contributed by atoms with E-state index in [-0.39, 0.29) is 11.8 Å². The molecule has 3 fully saturated rings. The van der Waals surface area contributed by atoms with Gasteiger partial charge in [-0.05, 0) is 64.4 Å². The zero-order chi connectivity index (χ0) is 17.2. The maximum Gasteiger partial charge on any atom is 0.225 e. The third kappa shape index (κ3) is 2.62. The maximum absolute atomic E-state index is 12.5. The summed E-state index contributed by atoms with van der Waals surface area (Å²) in [6.45, 7) is 4.77. The van der Waals surface area contributed by atoms with Crippen molar-refractivity contribution in [2.45, 2.75) is 76.4 Å². The van der Waals surface area contributed by atoms with Gasteiger partial charge in [0.15, 0.2) is 0 Å². The number of likely N-dealkylation sites (tertiary alicyclic amines) is 1. The van der Waals surface area contributed by atoms with E-state index in [1.165, 1.54) is 49.9 Å². The molecule has 1 saturated heterocycles. The molecule has 5 heteroatoms. The van der Waals surface area contributed by atoms with Gasteiger partial charge in [-0.25, -0.2) is 0 Å². The summed E-state index contributed by atoms with van der Waals surface area (Å²) in [6.07, 6.45) is 8.64. The van der Waals surface area contributed by atoms with Gasteiger partial charge in [0.1, 0.15) is 0 Å². The van der Waals surface area contributed by atoms with E-state index in [9.17, 15) is 9.90 Å². The number of hydrogen-bond donors (Lipinski definition) is 1. The molecule has 0 bridgehead atoms. The van der Waals surface area contributed by atoms with Gasteiger partial charge in [0.2, 0.25) is 5.91 Å². The van der Waals surface area contributed by atoms with Crippen molar-refractivity contribution >= 4 is 5.91 Å². The Morgan fingerprint density at radius 1 is 1.28 bits per heavy atom. The van der Waals surface area contributed by atoms with Crippen molar-refractivity contribution in [3.05, 3.63) is 17.5 Å². The standard InChI is InChI=1S/C20H29N3O2/c1-19(25)9-15(10-19)18(24)22-12-20(13-22)6-5-14(11-20)17-8-16-4-2-3-7-23(16)21-17/h8,14-15,25H,2-7,9-13H2,1H3/t14?,15-,19+. The SMILES string of the molecule is C[C@]1(O)C[C@@H](C(=O)N2CC3(CCC(c4cc5n(n4)CCCC5)C3)C2)C1. The molecule has 2 aliphatic carbocycles. The average molecular weight is 343 g/mol. The molecule has 2 aliphatic heterocycles. The first-order chi connectivity index (χ1) is 11.9. The molecule has 25 heavy (non-hydrogen) atoms. The highest BCUT2D eigenvalue weighted by Gasteiger charge is 2.53. The molecule has 5 nitrogen and oxygen atoms in total.